The largest absolute Gasteiger partial charge is 0.573 e. The van der Waals surface area contributed by atoms with Crippen molar-refractivity contribution in [2.24, 2.45) is 0 Å². The monoisotopic (exact) mass is 399 g/mol. The quantitative estimate of drug-likeness (QED) is 0.782. The van der Waals surface area contributed by atoms with Crippen molar-refractivity contribution in [3.05, 3.63) is 48.4 Å². The molecule has 1 aromatic carbocycles. The number of thiocarbonyl (C=S) groups is 1. The first-order chi connectivity index (χ1) is 12.9. The van der Waals surface area contributed by atoms with Crippen molar-refractivity contribution in [3.8, 4) is 5.75 Å². The van der Waals surface area contributed by atoms with Gasteiger partial charge in [0, 0.05) is 31.9 Å². The average Bonchev–Trinajstić information content (AvgIpc) is 2.99. The van der Waals surface area contributed by atoms with Crippen LogP contribution in [0.3, 0.4) is 0 Å². The Morgan fingerprint density at radius 2 is 1.89 bits per heavy atom. The molecule has 0 spiro atoms. The maximum Gasteiger partial charge on any atom is 0.573 e. The number of anilines is 1. The summed E-state index contributed by atoms with van der Waals surface area (Å²) in [6.45, 7) is 4.14. The number of hydrogen-bond acceptors (Lipinski definition) is 4. The third-order valence-electron chi connectivity index (χ3n) is 4.17. The van der Waals surface area contributed by atoms with Crippen LogP contribution in [0.2, 0.25) is 0 Å². The molecular formula is C18H20F3N3O2S. The molecule has 0 aliphatic carbocycles. The standard InChI is InChI=1S/C18H20F3N3O2S/c19-18(20,21)26-15-6-4-14(5-7-15)22-17(27)24-9-2-8-23(10-11-24)13-16-3-1-12-25-16/h1,3-7,12H,2,8-11,13H2,(H,22,27). The Morgan fingerprint density at radius 3 is 2.56 bits per heavy atom. The second-order valence-electron chi connectivity index (χ2n) is 6.20. The third-order valence-corrected chi connectivity index (χ3v) is 4.53. The molecule has 1 fully saturated rings. The number of rotatable bonds is 4. The average molecular weight is 399 g/mol. The summed E-state index contributed by atoms with van der Waals surface area (Å²) in [6, 6.07) is 9.37. The van der Waals surface area contributed by atoms with Gasteiger partial charge in [0.2, 0.25) is 0 Å². The zero-order valence-electron chi connectivity index (χ0n) is 14.5. The number of furan rings is 1. The summed E-state index contributed by atoms with van der Waals surface area (Å²) in [5.41, 5.74) is 0.617. The van der Waals surface area contributed by atoms with E-state index in [1.807, 2.05) is 12.1 Å². The molecule has 0 atom stereocenters. The van der Waals surface area contributed by atoms with Crippen LogP contribution in [0.4, 0.5) is 18.9 Å². The minimum atomic E-state index is -4.70. The molecule has 0 saturated carbocycles. The molecule has 0 unspecified atom stereocenters. The van der Waals surface area contributed by atoms with E-state index in [4.69, 9.17) is 16.6 Å². The fraction of sp³-hybridized carbons (Fsp3) is 0.389. The Kier molecular flexibility index (Phi) is 6.22. The zero-order chi connectivity index (χ0) is 19.3. The van der Waals surface area contributed by atoms with Crippen molar-refractivity contribution in [3.63, 3.8) is 0 Å². The summed E-state index contributed by atoms with van der Waals surface area (Å²) in [5, 5.41) is 3.63. The summed E-state index contributed by atoms with van der Waals surface area (Å²) < 4.78 is 45.9. The first-order valence-corrected chi connectivity index (χ1v) is 8.96. The number of alkyl halides is 3. The molecule has 2 aromatic rings. The number of nitrogens with one attached hydrogen (secondary N) is 1. The summed E-state index contributed by atoms with van der Waals surface area (Å²) in [6.07, 6.45) is -2.07. The summed E-state index contributed by atoms with van der Waals surface area (Å²) in [5.74, 6) is 0.674. The molecule has 0 bridgehead atoms. The van der Waals surface area contributed by atoms with Crippen molar-refractivity contribution < 1.29 is 22.3 Å². The van der Waals surface area contributed by atoms with Crippen LogP contribution in [-0.2, 0) is 6.54 Å². The topological polar surface area (TPSA) is 40.9 Å². The first kappa shape index (κ1) is 19.5. The lowest BCUT2D eigenvalue weighted by atomic mass is 10.3. The fourth-order valence-corrected chi connectivity index (χ4v) is 3.20. The fourth-order valence-electron chi connectivity index (χ4n) is 2.90. The molecule has 5 nitrogen and oxygen atoms in total. The van der Waals surface area contributed by atoms with E-state index >= 15 is 0 Å². The van der Waals surface area contributed by atoms with Crippen molar-refractivity contribution in [2.75, 3.05) is 31.5 Å². The molecule has 2 heterocycles. The second kappa shape index (κ2) is 8.62. The van der Waals surface area contributed by atoms with Crippen LogP contribution in [-0.4, -0.2) is 47.5 Å². The van der Waals surface area contributed by atoms with Gasteiger partial charge in [-0.05, 0) is 55.0 Å². The highest BCUT2D eigenvalue weighted by Gasteiger charge is 2.31. The smallest absolute Gasteiger partial charge is 0.468 e. The third kappa shape index (κ3) is 6.14. The Bertz CT molecular complexity index is 735. The van der Waals surface area contributed by atoms with Crippen LogP contribution in [0.5, 0.6) is 5.75 Å². The van der Waals surface area contributed by atoms with E-state index in [0.717, 1.165) is 44.9 Å². The highest BCUT2D eigenvalue weighted by atomic mass is 32.1. The molecule has 9 heteroatoms. The van der Waals surface area contributed by atoms with Gasteiger partial charge in [-0.25, -0.2) is 0 Å². The molecule has 1 aliphatic heterocycles. The van der Waals surface area contributed by atoms with E-state index in [1.165, 1.54) is 24.3 Å². The summed E-state index contributed by atoms with van der Waals surface area (Å²) >= 11 is 5.46. The van der Waals surface area contributed by atoms with Crippen LogP contribution in [0.25, 0.3) is 0 Å². The van der Waals surface area contributed by atoms with Crippen LogP contribution >= 0.6 is 12.2 Å². The zero-order valence-corrected chi connectivity index (χ0v) is 15.4. The van der Waals surface area contributed by atoms with Crippen molar-refractivity contribution in [1.82, 2.24) is 9.80 Å². The Labute approximate surface area is 160 Å². The minimum absolute atomic E-state index is 0.262. The molecule has 0 amide bonds. The first-order valence-electron chi connectivity index (χ1n) is 8.55. The lowest BCUT2D eigenvalue weighted by molar-refractivity contribution is -0.274. The van der Waals surface area contributed by atoms with Crippen molar-refractivity contribution >= 4 is 23.0 Å². The van der Waals surface area contributed by atoms with Crippen LogP contribution in [0, 0.1) is 0 Å². The molecule has 0 radical (unpaired) electrons. The Hall–Kier alpha value is -2.26. The van der Waals surface area contributed by atoms with Crippen molar-refractivity contribution in [1.29, 1.82) is 0 Å². The Balaban J connectivity index is 1.50. The molecule has 1 N–H and O–H groups in total. The molecule has 27 heavy (non-hydrogen) atoms. The van der Waals surface area contributed by atoms with Gasteiger partial charge in [-0.1, -0.05) is 0 Å². The predicted molar refractivity (Wildman–Crippen MR) is 99.5 cm³/mol. The molecule has 1 aliphatic rings. The lowest BCUT2D eigenvalue weighted by Gasteiger charge is -2.24. The molecular weight excluding hydrogens is 379 g/mol. The predicted octanol–water partition coefficient (Wildman–Crippen LogP) is 4.08. The van der Waals surface area contributed by atoms with Crippen LogP contribution in [0.1, 0.15) is 12.2 Å². The number of halogens is 3. The van der Waals surface area contributed by atoms with Crippen LogP contribution < -0.4 is 10.1 Å². The van der Waals surface area contributed by atoms with Gasteiger partial charge in [0.05, 0.1) is 12.8 Å². The van der Waals surface area contributed by atoms with Gasteiger partial charge in [-0.3, -0.25) is 4.90 Å². The normalized spacial score (nSPS) is 16.0. The summed E-state index contributed by atoms with van der Waals surface area (Å²) in [7, 11) is 0. The highest BCUT2D eigenvalue weighted by molar-refractivity contribution is 7.80. The SMILES string of the molecule is FC(F)(F)Oc1ccc(NC(=S)N2CCCN(Cc3ccco3)CC2)cc1. The molecule has 3 rings (SSSR count). The van der Waals surface area contributed by atoms with Gasteiger partial charge in [0.15, 0.2) is 5.11 Å². The van der Waals surface area contributed by atoms with Gasteiger partial charge >= 0.3 is 6.36 Å². The number of hydrogen-bond donors (Lipinski definition) is 1. The van der Waals surface area contributed by atoms with Gasteiger partial charge in [0.25, 0.3) is 0 Å². The van der Waals surface area contributed by atoms with Gasteiger partial charge < -0.3 is 19.4 Å². The molecule has 1 aromatic heterocycles. The number of benzene rings is 1. The highest BCUT2D eigenvalue weighted by Crippen LogP contribution is 2.24. The van der Waals surface area contributed by atoms with E-state index in [1.54, 1.807) is 6.26 Å². The Morgan fingerprint density at radius 1 is 1.11 bits per heavy atom. The van der Waals surface area contributed by atoms with E-state index in [9.17, 15) is 13.2 Å². The summed E-state index contributed by atoms with van der Waals surface area (Å²) in [4.78, 5) is 4.38. The van der Waals surface area contributed by atoms with Gasteiger partial charge in [0.1, 0.15) is 11.5 Å². The maximum atomic E-state index is 12.2. The van der Waals surface area contributed by atoms with Gasteiger partial charge in [-0.15, -0.1) is 13.2 Å². The van der Waals surface area contributed by atoms with E-state index in [0.29, 0.717) is 10.8 Å². The lowest BCUT2D eigenvalue weighted by Crippen LogP contribution is -2.37. The molecule has 1 saturated heterocycles. The van der Waals surface area contributed by atoms with E-state index in [-0.39, 0.29) is 5.75 Å². The van der Waals surface area contributed by atoms with Gasteiger partial charge in [-0.2, -0.15) is 0 Å². The molecule has 146 valence electrons. The van der Waals surface area contributed by atoms with Crippen LogP contribution in [0.15, 0.2) is 47.1 Å². The second-order valence-corrected chi connectivity index (χ2v) is 6.59. The number of ether oxygens (including phenoxy) is 1. The van der Waals surface area contributed by atoms with E-state index < -0.39 is 6.36 Å². The minimum Gasteiger partial charge on any atom is -0.468 e. The number of nitrogens with zero attached hydrogens (tertiary/aromatic N) is 2. The maximum absolute atomic E-state index is 12.2. The van der Waals surface area contributed by atoms with E-state index in [2.05, 4.69) is 19.9 Å². The van der Waals surface area contributed by atoms with Crippen molar-refractivity contribution in [2.45, 2.75) is 19.3 Å².